The number of rotatable bonds is 9. The van der Waals surface area contributed by atoms with Gasteiger partial charge in [0.25, 0.3) is 0 Å². The van der Waals surface area contributed by atoms with Gasteiger partial charge >= 0.3 is 11.9 Å². The molecule has 0 fully saturated rings. The van der Waals surface area contributed by atoms with Gasteiger partial charge in [0.1, 0.15) is 11.5 Å². The van der Waals surface area contributed by atoms with Crippen molar-refractivity contribution in [2.75, 3.05) is 0 Å². The van der Waals surface area contributed by atoms with Crippen molar-refractivity contribution in [3.8, 4) is 22.6 Å². The second kappa shape index (κ2) is 10.6. The second-order valence-corrected chi connectivity index (χ2v) is 7.48. The SMILES string of the molecule is C=C(C)C(=O)Oc1ccc(-c2ccc(OC(=O)C(=C)C)c(CCC)c2)cc1CCC. The first-order valence-electron chi connectivity index (χ1n) is 10.3. The lowest BCUT2D eigenvalue weighted by molar-refractivity contribution is -0.131. The highest BCUT2D eigenvalue weighted by molar-refractivity contribution is 5.89. The monoisotopic (exact) mass is 406 g/mol. The maximum absolute atomic E-state index is 11.9. The topological polar surface area (TPSA) is 52.6 Å². The van der Waals surface area contributed by atoms with Gasteiger partial charge in [-0.05, 0) is 73.2 Å². The molecule has 0 aliphatic carbocycles. The molecule has 158 valence electrons. The van der Waals surface area contributed by atoms with Gasteiger partial charge in [0.05, 0.1) is 0 Å². The van der Waals surface area contributed by atoms with E-state index in [4.69, 9.17) is 9.47 Å². The largest absolute Gasteiger partial charge is 0.423 e. The van der Waals surface area contributed by atoms with Crippen molar-refractivity contribution in [3.05, 3.63) is 71.8 Å². The van der Waals surface area contributed by atoms with Crippen LogP contribution in [0.1, 0.15) is 51.7 Å². The van der Waals surface area contributed by atoms with Gasteiger partial charge in [-0.3, -0.25) is 0 Å². The van der Waals surface area contributed by atoms with E-state index < -0.39 is 11.9 Å². The third-order valence-corrected chi connectivity index (χ3v) is 4.60. The van der Waals surface area contributed by atoms with Crippen LogP contribution in [-0.4, -0.2) is 11.9 Å². The molecule has 0 unspecified atom stereocenters. The summed E-state index contributed by atoms with van der Waals surface area (Å²) < 4.78 is 11.0. The molecule has 0 saturated heterocycles. The molecule has 0 aromatic heterocycles. The number of aryl methyl sites for hydroxylation is 2. The summed E-state index contributed by atoms with van der Waals surface area (Å²) in [5.41, 5.74) is 4.71. The highest BCUT2D eigenvalue weighted by Gasteiger charge is 2.14. The molecule has 0 saturated carbocycles. The molecule has 2 aromatic rings. The van der Waals surface area contributed by atoms with Crippen LogP contribution in [-0.2, 0) is 22.4 Å². The molecule has 0 aliphatic heterocycles. The quantitative estimate of drug-likeness (QED) is 0.282. The fourth-order valence-corrected chi connectivity index (χ4v) is 3.02. The predicted octanol–water partition coefficient (Wildman–Crippen LogP) is 6.22. The first kappa shape index (κ1) is 23.1. The molecule has 0 aliphatic rings. The van der Waals surface area contributed by atoms with Crippen LogP contribution in [0.2, 0.25) is 0 Å². The van der Waals surface area contributed by atoms with Crippen LogP contribution < -0.4 is 9.47 Å². The maximum atomic E-state index is 11.9. The van der Waals surface area contributed by atoms with Gasteiger partial charge in [0, 0.05) is 11.1 Å². The number of carbonyl (C=O) groups excluding carboxylic acids is 2. The number of esters is 2. The highest BCUT2D eigenvalue weighted by Crippen LogP contribution is 2.32. The molecule has 2 rings (SSSR count). The van der Waals surface area contributed by atoms with E-state index in [0.29, 0.717) is 22.6 Å². The summed E-state index contributed by atoms with van der Waals surface area (Å²) in [7, 11) is 0. The lowest BCUT2D eigenvalue weighted by Gasteiger charge is -2.14. The normalized spacial score (nSPS) is 10.4. The molecule has 0 heterocycles. The number of ether oxygens (including phenoxy) is 2. The molecule has 2 aromatic carbocycles. The second-order valence-electron chi connectivity index (χ2n) is 7.48. The zero-order valence-corrected chi connectivity index (χ0v) is 18.3. The third kappa shape index (κ3) is 5.93. The van der Waals surface area contributed by atoms with E-state index in [9.17, 15) is 9.59 Å². The Morgan fingerprint density at radius 3 is 1.40 bits per heavy atom. The Hall–Kier alpha value is -3.14. The van der Waals surface area contributed by atoms with Crippen molar-refractivity contribution in [2.24, 2.45) is 0 Å². The predicted molar refractivity (Wildman–Crippen MR) is 121 cm³/mol. The summed E-state index contributed by atoms with van der Waals surface area (Å²) in [4.78, 5) is 23.9. The van der Waals surface area contributed by atoms with Gasteiger partial charge in [-0.25, -0.2) is 9.59 Å². The standard InChI is InChI=1S/C26H30O4/c1-7-9-21-15-19(11-13-23(21)29-25(27)17(3)4)20-12-14-24(22(16-20)10-8-2)30-26(28)18(5)6/h11-16H,3,5,7-10H2,1-2,4,6H3. The van der Waals surface area contributed by atoms with Crippen LogP contribution >= 0.6 is 0 Å². The molecule has 30 heavy (non-hydrogen) atoms. The maximum Gasteiger partial charge on any atom is 0.338 e. The molecule has 4 heteroatoms. The first-order chi connectivity index (χ1) is 14.3. The minimum Gasteiger partial charge on any atom is -0.423 e. The minimum atomic E-state index is -0.422. The van der Waals surface area contributed by atoms with Crippen LogP contribution in [0.3, 0.4) is 0 Å². The van der Waals surface area contributed by atoms with Crippen molar-refractivity contribution in [1.29, 1.82) is 0 Å². The van der Waals surface area contributed by atoms with Gasteiger partial charge < -0.3 is 9.47 Å². The minimum absolute atomic E-state index is 0.366. The molecule has 0 N–H and O–H groups in total. The molecule has 4 nitrogen and oxygen atoms in total. The van der Waals surface area contributed by atoms with Crippen molar-refractivity contribution in [2.45, 2.75) is 53.4 Å². The zero-order valence-electron chi connectivity index (χ0n) is 18.3. The van der Waals surface area contributed by atoms with Crippen molar-refractivity contribution >= 4 is 11.9 Å². The smallest absolute Gasteiger partial charge is 0.338 e. The third-order valence-electron chi connectivity index (χ3n) is 4.60. The molecule has 0 atom stereocenters. The lowest BCUT2D eigenvalue weighted by Crippen LogP contribution is -2.10. The number of hydrogen-bond donors (Lipinski definition) is 0. The lowest BCUT2D eigenvalue weighted by atomic mass is 9.97. The Morgan fingerprint density at radius 1 is 0.733 bits per heavy atom. The van der Waals surface area contributed by atoms with Gasteiger partial charge in [-0.1, -0.05) is 52.0 Å². The number of hydrogen-bond acceptors (Lipinski definition) is 4. The van der Waals surface area contributed by atoms with E-state index in [2.05, 4.69) is 39.1 Å². The summed E-state index contributed by atoms with van der Waals surface area (Å²) in [6, 6.07) is 11.6. The molecule has 0 spiro atoms. The van der Waals surface area contributed by atoms with Crippen molar-refractivity contribution in [1.82, 2.24) is 0 Å². The number of benzene rings is 2. The van der Waals surface area contributed by atoms with Crippen LogP contribution in [0.15, 0.2) is 60.7 Å². The summed E-state index contributed by atoms with van der Waals surface area (Å²) in [6.45, 7) is 14.7. The molecular formula is C26H30O4. The Morgan fingerprint density at radius 2 is 1.10 bits per heavy atom. The molecular weight excluding hydrogens is 376 g/mol. The summed E-state index contributed by atoms with van der Waals surface area (Å²) in [5.74, 6) is 0.284. The van der Waals surface area contributed by atoms with E-state index in [1.807, 2.05) is 24.3 Å². The van der Waals surface area contributed by atoms with Crippen LogP contribution in [0.5, 0.6) is 11.5 Å². The molecule has 0 amide bonds. The van der Waals surface area contributed by atoms with Crippen LogP contribution in [0, 0.1) is 0 Å². The van der Waals surface area contributed by atoms with Crippen LogP contribution in [0.25, 0.3) is 11.1 Å². The summed E-state index contributed by atoms with van der Waals surface area (Å²) in [5, 5.41) is 0. The molecule has 0 bridgehead atoms. The van der Waals surface area contributed by atoms with E-state index in [1.165, 1.54) is 0 Å². The fraction of sp³-hybridized carbons (Fsp3) is 0.308. The fourth-order valence-electron chi connectivity index (χ4n) is 3.02. The van der Waals surface area contributed by atoms with E-state index in [0.717, 1.165) is 47.9 Å². The van der Waals surface area contributed by atoms with E-state index >= 15 is 0 Å². The average Bonchev–Trinajstić information content (AvgIpc) is 2.70. The Kier molecular flexibility index (Phi) is 8.16. The van der Waals surface area contributed by atoms with E-state index in [1.54, 1.807) is 13.8 Å². The Bertz CT molecular complexity index is 889. The average molecular weight is 407 g/mol. The number of carbonyl (C=O) groups is 2. The molecule has 0 radical (unpaired) electrons. The van der Waals surface area contributed by atoms with E-state index in [-0.39, 0.29) is 0 Å². The van der Waals surface area contributed by atoms with Crippen molar-refractivity contribution < 1.29 is 19.1 Å². The Labute approximate surface area is 179 Å². The van der Waals surface area contributed by atoms with Crippen molar-refractivity contribution in [3.63, 3.8) is 0 Å². The van der Waals surface area contributed by atoms with Gasteiger partial charge in [0.15, 0.2) is 0 Å². The first-order valence-corrected chi connectivity index (χ1v) is 10.3. The summed E-state index contributed by atoms with van der Waals surface area (Å²) >= 11 is 0. The van der Waals surface area contributed by atoms with Gasteiger partial charge in [0.2, 0.25) is 0 Å². The summed E-state index contributed by atoms with van der Waals surface area (Å²) in [6.07, 6.45) is 3.45. The van der Waals surface area contributed by atoms with Gasteiger partial charge in [-0.15, -0.1) is 0 Å². The zero-order chi connectivity index (χ0) is 22.3. The van der Waals surface area contributed by atoms with Gasteiger partial charge in [-0.2, -0.15) is 0 Å². The highest BCUT2D eigenvalue weighted by atomic mass is 16.5. The van der Waals surface area contributed by atoms with Crippen LogP contribution in [0.4, 0.5) is 0 Å². The Balaban J connectivity index is 2.41.